The van der Waals surface area contributed by atoms with E-state index < -0.39 is 0 Å². The second-order valence-electron chi connectivity index (χ2n) is 3.82. The number of aromatic nitrogens is 1. The van der Waals surface area contributed by atoms with Crippen molar-refractivity contribution >= 4 is 11.6 Å². The van der Waals surface area contributed by atoms with Crippen molar-refractivity contribution in [1.82, 2.24) is 15.6 Å². The zero-order chi connectivity index (χ0) is 11.8. The van der Waals surface area contributed by atoms with Crippen LogP contribution in [-0.4, -0.2) is 37.8 Å². The number of H-pyrrole nitrogens is 1. The molecule has 1 atom stereocenters. The Bertz CT molecular complexity index is 291. The molecule has 0 bridgehead atoms. The van der Waals surface area contributed by atoms with E-state index in [0.717, 1.165) is 37.0 Å². The molecule has 1 aromatic heterocycles. The summed E-state index contributed by atoms with van der Waals surface area (Å²) in [5.41, 5.74) is 1.11. The van der Waals surface area contributed by atoms with Gasteiger partial charge >= 0.3 is 0 Å². The van der Waals surface area contributed by atoms with Gasteiger partial charge in [0.05, 0.1) is 11.6 Å². The molecule has 16 heavy (non-hydrogen) atoms. The highest BCUT2D eigenvalue weighted by molar-refractivity contribution is 6.30. The largest absolute Gasteiger partial charge is 0.383 e. The van der Waals surface area contributed by atoms with E-state index in [9.17, 15) is 0 Å². The average Bonchev–Trinajstić information content (AvgIpc) is 2.68. The summed E-state index contributed by atoms with van der Waals surface area (Å²) in [5, 5.41) is 7.45. The zero-order valence-electron chi connectivity index (χ0n) is 9.85. The van der Waals surface area contributed by atoms with Crippen LogP contribution in [-0.2, 0) is 11.3 Å². The molecule has 0 aliphatic heterocycles. The lowest BCUT2D eigenvalue weighted by molar-refractivity contribution is 0.198. The van der Waals surface area contributed by atoms with Crippen molar-refractivity contribution < 1.29 is 4.74 Å². The summed E-state index contributed by atoms with van der Waals surface area (Å²) in [6.07, 6.45) is 1.79. The van der Waals surface area contributed by atoms with Gasteiger partial charge in [-0.2, -0.15) is 0 Å². The highest BCUT2D eigenvalue weighted by Crippen LogP contribution is 2.08. The molecule has 0 fully saturated rings. The molecule has 1 aromatic rings. The number of aromatic amines is 1. The van der Waals surface area contributed by atoms with Crippen LogP contribution in [0.4, 0.5) is 0 Å². The molecule has 0 aliphatic rings. The maximum atomic E-state index is 5.81. The van der Waals surface area contributed by atoms with Gasteiger partial charge in [-0.3, -0.25) is 0 Å². The Labute approximate surface area is 102 Å². The third-order valence-corrected chi connectivity index (χ3v) is 2.50. The van der Waals surface area contributed by atoms with Gasteiger partial charge in [0.1, 0.15) is 0 Å². The van der Waals surface area contributed by atoms with Crippen molar-refractivity contribution in [2.24, 2.45) is 0 Å². The summed E-state index contributed by atoms with van der Waals surface area (Å²) in [6, 6.07) is 2.35. The van der Waals surface area contributed by atoms with Gasteiger partial charge in [0, 0.05) is 44.7 Å². The lowest BCUT2D eigenvalue weighted by atomic mass is 10.3. The van der Waals surface area contributed by atoms with E-state index >= 15 is 0 Å². The number of rotatable bonds is 8. The fourth-order valence-electron chi connectivity index (χ4n) is 1.36. The first-order valence-corrected chi connectivity index (χ1v) is 5.86. The Hall–Kier alpha value is -0.550. The van der Waals surface area contributed by atoms with Gasteiger partial charge in [0.15, 0.2) is 0 Å². The summed E-state index contributed by atoms with van der Waals surface area (Å²) < 4.78 is 4.95. The minimum atomic E-state index is 0.416. The second-order valence-corrected chi connectivity index (χ2v) is 4.26. The summed E-state index contributed by atoms with van der Waals surface area (Å²) in [7, 11) is 1.71. The summed E-state index contributed by atoms with van der Waals surface area (Å²) in [4.78, 5) is 3.10. The van der Waals surface area contributed by atoms with Crippen LogP contribution < -0.4 is 10.6 Å². The van der Waals surface area contributed by atoms with E-state index in [2.05, 4.69) is 22.5 Å². The summed E-state index contributed by atoms with van der Waals surface area (Å²) >= 11 is 5.81. The minimum Gasteiger partial charge on any atom is -0.383 e. The van der Waals surface area contributed by atoms with Crippen LogP contribution in [0.15, 0.2) is 12.3 Å². The van der Waals surface area contributed by atoms with Crippen LogP contribution >= 0.6 is 11.6 Å². The molecule has 1 heterocycles. The lowest BCUT2D eigenvalue weighted by Gasteiger charge is -2.13. The van der Waals surface area contributed by atoms with E-state index in [1.807, 2.05) is 6.07 Å². The van der Waals surface area contributed by atoms with Gasteiger partial charge in [-0.15, -0.1) is 0 Å². The Morgan fingerprint density at radius 2 is 2.38 bits per heavy atom. The molecule has 4 nitrogen and oxygen atoms in total. The van der Waals surface area contributed by atoms with Gasteiger partial charge < -0.3 is 20.4 Å². The molecule has 92 valence electrons. The monoisotopic (exact) mass is 245 g/mol. The maximum absolute atomic E-state index is 5.81. The molecule has 1 rings (SSSR count). The Balaban J connectivity index is 2.08. The fourth-order valence-corrected chi connectivity index (χ4v) is 1.55. The third-order valence-electron chi connectivity index (χ3n) is 2.28. The van der Waals surface area contributed by atoms with Gasteiger partial charge in [0.25, 0.3) is 0 Å². The molecule has 0 aliphatic carbocycles. The molecule has 1 unspecified atom stereocenters. The molecule has 5 heteroatoms. The average molecular weight is 246 g/mol. The standard InChI is InChI=1S/C11H20ClN3O/c1-9(6-13-3-4-16-2)14-8-11-5-10(12)7-15-11/h5,7,9,13-15H,3-4,6,8H2,1-2H3. The first-order chi connectivity index (χ1) is 7.72. The topological polar surface area (TPSA) is 49.1 Å². The lowest BCUT2D eigenvalue weighted by Crippen LogP contribution is -2.37. The highest BCUT2D eigenvalue weighted by atomic mass is 35.5. The van der Waals surface area contributed by atoms with Gasteiger partial charge in [-0.25, -0.2) is 0 Å². The van der Waals surface area contributed by atoms with Crippen LogP contribution in [0, 0.1) is 0 Å². The van der Waals surface area contributed by atoms with Crippen LogP contribution in [0.25, 0.3) is 0 Å². The van der Waals surface area contributed by atoms with Crippen molar-refractivity contribution in [2.75, 3.05) is 26.8 Å². The Morgan fingerprint density at radius 1 is 1.56 bits per heavy atom. The van der Waals surface area contributed by atoms with Crippen molar-refractivity contribution in [3.05, 3.63) is 23.0 Å². The van der Waals surface area contributed by atoms with Crippen LogP contribution in [0.5, 0.6) is 0 Å². The van der Waals surface area contributed by atoms with Gasteiger partial charge in [-0.1, -0.05) is 11.6 Å². The number of halogens is 1. The summed E-state index contributed by atoms with van der Waals surface area (Å²) in [5.74, 6) is 0. The third kappa shape index (κ3) is 5.51. The smallest absolute Gasteiger partial charge is 0.0587 e. The van der Waals surface area contributed by atoms with Gasteiger partial charge in [0.2, 0.25) is 0 Å². The van der Waals surface area contributed by atoms with E-state index in [4.69, 9.17) is 16.3 Å². The van der Waals surface area contributed by atoms with Crippen LogP contribution in [0.2, 0.25) is 5.02 Å². The molecular formula is C11H20ClN3O. The maximum Gasteiger partial charge on any atom is 0.0587 e. The molecule has 0 aromatic carbocycles. The second kappa shape index (κ2) is 7.68. The predicted octanol–water partition coefficient (Wildman–Crippen LogP) is 1.38. The molecule has 0 saturated heterocycles. The van der Waals surface area contributed by atoms with E-state index in [1.54, 1.807) is 13.3 Å². The van der Waals surface area contributed by atoms with Crippen molar-refractivity contribution in [3.63, 3.8) is 0 Å². The molecule has 0 saturated carbocycles. The zero-order valence-corrected chi connectivity index (χ0v) is 10.6. The van der Waals surface area contributed by atoms with Crippen molar-refractivity contribution in [1.29, 1.82) is 0 Å². The molecule has 0 amide bonds. The quantitative estimate of drug-likeness (QED) is 0.607. The fraction of sp³-hybridized carbons (Fsp3) is 0.636. The summed E-state index contributed by atoms with van der Waals surface area (Å²) in [6.45, 7) is 5.51. The first-order valence-electron chi connectivity index (χ1n) is 5.48. The molecule has 0 spiro atoms. The molecule has 0 radical (unpaired) electrons. The number of hydrogen-bond donors (Lipinski definition) is 3. The van der Waals surface area contributed by atoms with Crippen molar-refractivity contribution in [3.8, 4) is 0 Å². The van der Waals surface area contributed by atoms with E-state index in [0.29, 0.717) is 6.04 Å². The highest BCUT2D eigenvalue weighted by Gasteiger charge is 2.02. The molecule has 3 N–H and O–H groups in total. The number of nitrogens with one attached hydrogen (secondary N) is 3. The van der Waals surface area contributed by atoms with Crippen LogP contribution in [0.3, 0.4) is 0 Å². The number of methoxy groups -OCH3 is 1. The first kappa shape index (κ1) is 13.5. The normalized spacial score (nSPS) is 12.9. The predicted molar refractivity (Wildman–Crippen MR) is 66.9 cm³/mol. The molecular weight excluding hydrogens is 226 g/mol. The van der Waals surface area contributed by atoms with E-state index in [-0.39, 0.29) is 0 Å². The van der Waals surface area contributed by atoms with Crippen molar-refractivity contribution in [2.45, 2.75) is 19.5 Å². The van der Waals surface area contributed by atoms with E-state index in [1.165, 1.54) is 0 Å². The van der Waals surface area contributed by atoms with Crippen LogP contribution in [0.1, 0.15) is 12.6 Å². The SMILES string of the molecule is COCCNCC(C)NCc1cc(Cl)c[nH]1. The number of hydrogen-bond acceptors (Lipinski definition) is 3. The Morgan fingerprint density at radius 3 is 3.00 bits per heavy atom. The van der Waals surface area contributed by atoms with Gasteiger partial charge in [-0.05, 0) is 13.0 Å². The Kier molecular flexibility index (Phi) is 6.49. The number of ether oxygens (including phenoxy) is 1. The minimum absolute atomic E-state index is 0.416.